The predicted octanol–water partition coefficient (Wildman–Crippen LogP) is 3.47. The van der Waals surface area contributed by atoms with Gasteiger partial charge in [-0.2, -0.15) is 0 Å². The van der Waals surface area contributed by atoms with Crippen LogP contribution in [0.25, 0.3) is 0 Å². The smallest absolute Gasteiger partial charge is 0.243 e. The van der Waals surface area contributed by atoms with Crippen LogP contribution in [0.4, 0.5) is 11.4 Å². The summed E-state index contributed by atoms with van der Waals surface area (Å²) in [5.41, 5.74) is 2.37. The molecule has 2 N–H and O–H groups in total. The Morgan fingerprint density at radius 1 is 1.17 bits per heavy atom. The van der Waals surface area contributed by atoms with Gasteiger partial charge in [0.15, 0.2) is 11.5 Å². The van der Waals surface area contributed by atoms with Crippen molar-refractivity contribution in [3.05, 3.63) is 47.0 Å². The van der Waals surface area contributed by atoms with E-state index in [-0.39, 0.29) is 12.5 Å². The van der Waals surface area contributed by atoms with Crippen molar-refractivity contribution in [3.8, 4) is 11.5 Å². The normalized spacial score (nSPS) is 12.6. The van der Waals surface area contributed by atoms with E-state index >= 15 is 0 Å². The number of amides is 1. The van der Waals surface area contributed by atoms with E-state index in [0.29, 0.717) is 35.4 Å². The van der Waals surface area contributed by atoms with Gasteiger partial charge in [-0.25, -0.2) is 0 Å². The van der Waals surface area contributed by atoms with E-state index in [0.717, 1.165) is 11.3 Å². The van der Waals surface area contributed by atoms with Crippen molar-refractivity contribution in [2.75, 3.05) is 30.4 Å². The Labute approximate surface area is 139 Å². The first kappa shape index (κ1) is 15.5. The van der Waals surface area contributed by atoms with Gasteiger partial charge in [-0.15, -0.1) is 0 Å². The molecule has 1 aliphatic heterocycles. The number of halogens is 1. The maximum Gasteiger partial charge on any atom is 0.243 e. The average molecular weight is 333 g/mol. The maximum absolute atomic E-state index is 12.1. The van der Waals surface area contributed by atoms with Gasteiger partial charge in [0, 0.05) is 0 Å². The third kappa shape index (κ3) is 3.68. The molecule has 3 rings (SSSR count). The van der Waals surface area contributed by atoms with Crippen molar-refractivity contribution in [1.29, 1.82) is 0 Å². The topological polar surface area (TPSA) is 59.6 Å². The van der Waals surface area contributed by atoms with E-state index in [1.54, 1.807) is 6.07 Å². The summed E-state index contributed by atoms with van der Waals surface area (Å²) in [6.45, 7) is 3.07. The second-order valence-electron chi connectivity index (χ2n) is 5.21. The molecule has 0 saturated carbocycles. The summed E-state index contributed by atoms with van der Waals surface area (Å²) < 4.78 is 11.1. The van der Waals surface area contributed by atoms with E-state index in [9.17, 15) is 4.79 Å². The average Bonchev–Trinajstić information content (AvgIpc) is 2.55. The minimum absolute atomic E-state index is 0.101. The molecule has 1 aliphatic rings. The molecule has 0 atom stereocenters. The summed E-state index contributed by atoms with van der Waals surface area (Å²) in [4.78, 5) is 12.1. The number of hydrogen-bond donors (Lipinski definition) is 2. The summed E-state index contributed by atoms with van der Waals surface area (Å²) in [5, 5.41) is 6.37. The molecule has 0 radical (unpaired) electrons. The fourth-order valence-corrected chi connectivity index (χ4v) is 2.59. The predicted molar refractivity (Wildman–Crippen MR) is 90.7 cm³/mol. The van der Waals surface area contributed by atoms with Crippen LogP contribution in [-0.2, 0) is 4.79 Å². The van der Waals surface area contributed by atoms with Crippen molar-refractivity contribution in [1.82, 2.24) is 0 Å². The number of fused-ring (bicyclic) bond motifs is 1. The van der Waals surface area contributed by atoms with Gasteiger partial charge in [0.25, 0.3) is 0 Å². The Morgan fingerprint density at radius 3 is 2.83 bits per heavy atom. The molecule has 0 unspecified atom stereocenters. The molecular formula is C17H17ClN2O3. The summed E-state index contributed by atoms with van der Waals surface area (Å²) in [5.74, 6) is 1.13. The minimum atomic E-state index is -0.190. The fourth-order valence-electron chi connectivity index (χ4n) is 2.30. The highest BCUT2D eigenvalue weighted by Gasteiger charge is 2.16. The number of rotatable bonds is 4. The molecule has 0 saturated heterocycles. The second kappa shape index (κ2) is 6.79. The molecular weight excluding hydrogens is 316 g/mol. The van der Waals surface area contributed by atoms with Gasteiger partial charge >= 0.3 is 0 Å². The van der Waals surface area contributed by atoms with Crippen LogP contribution in [-0.4, -0.2) is 25.7 Å². The molecule has 0 bridgehead atoms. The van der Waals surface area contributed by atoms with Crippen LogP contribution < -0.4 is 20.1 Å². The lowest BCUT2D eigenvalue weighted by atomic mass is 10.2. The summed E-state index contributed by atoms with van der Waals surface area (Å²) >= 11 is 6.11. The monoisotopic (exact) mass is 332 g/mol. The highest BCUT2D eigenvalue weighted by molar-refractivity contribution is 6.33. The van der Waals surface area contributed by atoms with Crippen LogP contribution >= 0.6 is 11.6 Å². The minimum Gasteiger partial charge on any atom is -0.486 e. The zero-order chi connectivity index (χ0) is 16.2. The van der Waals surface area contributed by atoms with Crippen molar-refractivity contribution in [2.24, 2.45) is 0 Å². The van der Waals surface area contributed by atoms with E-state index in [1.165, 1.54) is 0 Å². The number of benzene rings is 2. The van der Waals surface area contributed by atoms with Crippen molar-refractivity contribution < 1.29 is 14.3 Å². The van der Waals surface area contributed by atoms with Gasteiger partial charge in [0.05, 0.1) is 22.9 Å². The highest BCUT2D eigenvalue weighted by Crippen LogP contribution is 2.37. The van der Waals surface area contributed by atoms with Gasteiger partial charge in [-0.3, -0.25) is 4.79 Å². The highest BCUT2D eigenvalue weighted by atomic mass is 35.5. The van der Waals surface area contributed by atoms with Crippen molar-refractivity contribution >= 4 is 28.9 Å². The van der Waals surface area contributed by atoms with Gasteiger partial charge in [-0.05, 0) is 36.8 Å². The van der Waals surface area contributed by atoms with Crippen LogP contribution in [0.3, 0.4) is 0 Å². The molecule has 0 aromatic heterocycles. The third-order valence-corrected chi connectivity index (χ3v) is 3.72. The van der Waals surface area contributed by atoms with E-state index in [1.807, 2.05) is 37.3 Å². The molecule has 0 fully saturated rings. The zero-order valence-corrected chi connectivity index (χ0v) is 13.4. The second-order valence-corrected chi connectivity index (χ2v) is 5.62. The number of ether oxygens (including phenoxy) is 2. The standard InChI is InChI=1S/C17H17ClN2O3/c1-11-5-6-13(12(18)9-11)20-16(21)10-19-14-3-2-4-15-17(14)23-8-7-22-15/h2-6,9,19H,7-8,10H2,1H3,(H,20,21). The molecule has 6 heteroatoms. The van der Waals surface area contributed by atoms with Gasteiger partial charge in [0.1, 0.15) is 13.2 Å². The quantitative estimate of drug-likeness (QED) is 0.900. The molecule has 2 aromatic carbocycles. The summed E-state index contributed by atoms with van der Waals surface area (Å²) in [6, 6.07) is 11.0. The molecule has 0 aliphatic carbocycles. The molecule has 1 heterocycles. The number of anilines is 2. The first-order valence-corrected chi connectivity index (χ1v) is 7.70. The van der Waals surface area contributed by atoms with Crippen LogP contribution in [0.1, 0.15) is 5.56 Å². The van der Waals surface area contributed by atoms with Crippen molar-refractivity contribution in [3.63, 3.8) is 0 Å². The van der Waals surface area contributed by atoms with Gasteiger partial charge in [0.2, 0.25) is 5.91 Å². The first-order chi connectivity index (χ1) is 11.1. The van der Waals surface area contributed by atoms with Crippen LogP contribution in [0.2, 0.25) is 5.02 Å². The lowest BCUT2D eigenvalue weighted by molar-refractivity contribution is -0.114. The van der Waals surface area contributed by atoms with E-state index < -0.39 is 0 Å². The first-order valence-electron chi connectivity index (χ1n) is 7.32. The number of carbonyl (C=O) groups excluding carboxylic acids is 1. The SMILES string of the molecule is Cc1ccc(NC(=O)CNc2cccc3c2OCCO3)c(Cl)c1. The lowest BCUT2D eigenvalue weighted by Crippen LogP contribution is -2.23. The molecule has 0 spiro atoms. The Balaban J connectivity index is 1.63. The van der Waals surface area contributed by atoms with E-state index in [4.69, 9.17) is 21.1 Å². The Morgan fingerprint density at radius 2 is 2.00 bits per heavy atom. The zero-order valence-electron chi connectivity index (χ0n) is 12.7. The lowest BCUT2D eigenvalue weighted by Gasteiger charge is -2.21. The number of para-hydroxylation sites is 1. The molecule has 5 nitrogen and oxygen atoms in total. The Bertz CT molecular complexity index is 734. The number of hydrogen-bond acceptors (Lipinski definition) is 4. The number of carbonyl (C=O) groups is 1. The molecule has 120 valence electrons. The molecule has 2 aromatic rings. The van der Waals surface area contributed by atoms with Crippen molar-refractivity contribution in [2.45, 2.75) is 6.92 Å². The third-order valence-electron chi connectivity index (χ3n) is 3.40. The molecule has 1 amide bonds. The van der Waals surface area contributed by atoms with Crippen LogP contribution in [0.15, 0.2) is 36.4 Å². The van der Waals surface area contributed by atoms with Gasteiger partial charge < -0.3 is 20.1 Å². The van der Waals surface area contributed by atoms with Crippen LogP contribution in [0.5, 0.6) is 11.5 Å². The fraction of sp³-hybridized carbons (Fsp3) is 0.235. The number of nitrogens with one attached hydrogen (secondary N) is 2. The largest absolute Gasteiger partial charge is 0.486 e. The number of aryl methyl sites for hydroxylation is 1. The van der Waals surface area contributed by atoms with Gasteiger partial charge in [-0.1, -0.05) is 23.7 Å². The molecule has 23 heavy (non-hydrogen) atoms. The van der Waals surface area contributed by atoms with Crippen LogP contribution in [0, 0.1) is 6.92 Å². The maximum atomic E-state index is 12.1. The Kier molecular flexibility index (Phi) is 4.57. The van der Waals surface area contributed by atoms with E-state index in [2.05, 4.69) is 10.6 Å². The Hall–Kier alpha value is -2.40. The summed E-state index contributed by atoms with van der Waals surface area (Å²) in [7, 11) is 0. The summed E-state index contributed by atoms with van der Waals surface area (Å²) in [6.07, 6.45) is 0.